The van der Waals surface area contributed by atoms with Gasteiger partial charge in [-0.15, -0.1) is 0 Å². The van der Waals surface area contributed by atoms with E-state index in [4.69, 9.17) is 15.3 Å². The molecule has 0 bridgehead atoms. The summed E-state index contributed by atoms with van der Waals surface area (Å²) in [7, 11) is -1.81. The fourth-order valence-corrected chi connectivity index (χ4v) is 5.68. The van der Waals surface area contributed by atoms with Crippen LogP contribution in [-0.4, -0.2) is 48.3 Å². The van der Waals surface area contributed by atoms with Crippen LogP contribution in [0.5, 0.6) is 0 Å². The van der Waals surface area contributed by atoms with Gasteiger partial charge in [-0.2, -0.15) is 0 Å². The number of hydrogen-bond acceptors (Lipinski definition) is 4. The summed E-state index contributed by atoms with van der Waals surface area (Å²) in [5.74, 6) is 1.32. The summed E-state index contributed by atoms with van der Waals surface area (Å²) < 4.78 is 0. The van der Waals surface area contributed by atoms with Crippen LogP contribution in [0.4, 0.5) is 0 Å². The minimum absolute atomic E-state index is 0. The average molecular weight is 487 g/mol. The molecule has 0 spiro atoms. The molecule has 0 atom stereocenters. The Morgan fingerprint density at radius 3 is 0.800 bits per heavy atom. The van der Waals surface area contributed by atoms with Gasteiger partial charge in [-0.05, 0) is 35.9 Å². The Kier molecular flexibility index (Phi) is 43.7. The molecule has 4 nitrogen and oxygen atoms in total. The van der Waals surface area contributed by atoms with E-state index in [1.807, 2.05) is 41.5 Å². The Hall–Kier alpha value is 0.771. The zero-order valence-electron chi connectivity index (χ0n) is 22.0. The molecule has 0 heterocycles. The maximum Gasteiger partial charge on any atom is 0.188 e. The van der Waals surface area contributed by atoms with Crippen LogP contribution in [0, 0.1) is 17.8 Å². The van der Waals surface area contributed by atoms with Gasteiger partial charge in [0.15, 0.2) is 8.32 Å². The first kappa shape index (κ1) is 41.1. The van der Waals surface area contributed by atoms with Crippen molar-refractivity contribution in [3.8, 4) is 0 Å². The first-order valence-corrected chi connectivity index (χ1v) is 14.6. The number of aliphatic hydroxyl groups excluding tert-OH is 3. The minimum Gasteiger partial charge on any atom is -0.432 e. The molecule has 0 amide bonds. The van der Waals surface area contributed by atoms with Crippen molar-refractivity contribution in [2.24, 2.45) is 17.8 Å². The average Bonchev–Trinajstić information content (AvgIpc) is 2.70. The van der Waals surface area contributed by atoms with Crippen LogP contribution in [0.25, 0.3) is 0 Å². The van der Waals surface area contributed by atoms with Crippen molar-refractivity contribution in [1.82, 2.24) is 0 Å². The summed E-state index contributed by atoms with van der Waals surface area (Å²) in [5.41, 5.74) is 0. The van der Waals surface area contributed by atoms with Crippen LogP contribution in [0.3, 0.4) is 0 Å². The largest absolute Gasteiger partial charge is 0.432 e. The van der Waals surface area contributed by atoms with Crippen LogP contribution in [-0.2, 0) is 21.7 Å². The molecule has 0 aliphatic heterocycles. The quantitative estimate of drug-likeness (QED) is 0.247. The van der Waals surface area contributed by atoms with Crippen molar-refractivity contribution in [1.29, 1.82) is 0 Å². The Labute approximate surface area is 206 Å². The Balaban J connectivity index is -0.000000108. The molecule has 0 aliphatic carbocycles. The molecule has 0 aromatic heterocycles. The summed E-state index contributed by atoms with van der Waals surface area (Å²) >= 11 is 0. The number of hydrogen-bond donors (Lipinski definition) is 4. The monoisotopic (exact) mass is 486 g/mol. The van der Waals surface area contributed by atoms with E-state index < -0.39 is 8.32 Å². The SMILES string of the molecule is CC(C)CO.CC(C)CO.CC(C)CO.CCCC[Si](O)(CCCC)CCCC.[Ti]. The van der Waals surface area contributed by atoms with Gasteiger partial charge in [0.1, 0.15) is 0 Å². The van der Waals surface area contributed by atoms with E-state index in [1.165, 1.54) is 38.5 Å². The van der Waals surface area contributed by atoms with E-state index in [9.17, 15) is 4.80 Å². The predicted octanol–water partition coefficient (Wildman–Crippen LogP) is 6.23. The predicted molar refractivity (Wildman–Crippen MR) is 133 cm³/mol. The van der Waals surface area contributed by atoms with Crippen LogP contribution in [0.15, 0.2) is 0 Å². The van der Waals surface area contributed by atoms with E-state index in [1.54, 1.807) is 0 Å². The third-order valence-electron chi connectivity index (χ3n) is 4.08. The second-order valence-electron chi connectivity index (χ2n) is 9.26. The van der Waals surface area contributed by atoms with Crippen LogP contribution >= 0.6 is 0 Å². The van der Waals surface area contributed by atoms with Gasteiger partial charge in [0.2, 0.25) is 0 Å². The van der Waals surface area contributed by atoms with Crippen LogP contribution < -0.4 is 0 Å². The molecule has 6 heteroatoms. The molecule has 0 saturated carbocycles. The summed E-state index contributed by atoms with van der Waals surface area (Å²) in [4.78, 5) is 10.5. The zero-order valence-corrected chi connectivity index (χ0v) is 24.6. The van der Waals surface area contributed by atoms with Crippen molar-refractivity contribution in [3.05, 3.63) is 0 Å². The number of rotatable bonds is 12. The van der Waals surface area contributed by atoms with E-state index in [0.717, 1.165) is 18.1 Å². The van der Waals surface area contributed by atoms with Gasteiger partial charge in [-0.3, -0.25) is 0 Å². The molecule has 4 N–H and O–H groups in total. The van der Waals surface area contributed by atoms with E-state index >= 15 is 0 Å². The van der Waals surface area contributed by atoms with Gasteiger partial charge >= 0.3 is 0 Å². The second-order valence-corrected chi connectivity index (χ2v) is 13.2. The molecule has 0 unspecified atom stereocenters. The van der Waals surface area contributed by atoms with E-state index in [2.05, 4.69) is 20.8 Å². The van der Waals surface area contributed by atoms with Gasteiger partial charge < -0.3 is 20.1 Å². The van der Waals surface area contributed by atoms with E-state index in [0.29, 0.717) is 37.6 Å². The van der Waals surface area contributed by atoms with Crippen molar-refractivity contribution in [2.75, 3.05) is 19.8 Å². The molecule has 0 radical (unpaired) electrons. The summed E-state index contributed by atoms with van der Waals surface area (Å²) in [6.07, 6.45) is 7.39. The third kappa shape index (κ3) is 46.8. The maximum atomic E-state index is 10.5. The molecule has 30 heavy (non-hydrogen) atoms. The maximum absolute atomic E-state index is 10.5. The fourth-order valence-electron chi connectivity index (χ4n) is 1.89. The zero-order chi connectivity index (χ0) is 23.7. The van der Waals surface area contributed by atoms with E-state index in [-0.39, 0.29) is 21.7 Å². The Morgan fingerprint density at radius 2 is 0.700 bits per heavy atom. The summed E-state index contributed by atoms with van der Waals surface area (Å²) in [6, 6.07) is 3.43. The van der Waals surface area contributed by atoms with Crippen LogP contribution in [0.2, 0.25) is 18.1 Å². The van der Waals surface area contributed by atoms with Gasteiger partial charge in [0.25, 0.3) is 0 Å². The number of aliphatic hydroxyl groups is 3. The molecular weight excluding hydrogens is 428 g/mol. The fraction of sp³-hybridized carbons (Fsp3) is 1.00. The number of unbranched alkanes of at least 4 members (excludes halogenated alkanes) is 3. The topological polar surface area (TPSA) is 80.9 Å². The molecule has 0 aliphatic rings. The van der Waals surface area contributed by atoms with Crippen molar-refractivity contribution >= 4 is 8.32 Å². The summed E-state index contributed by atoms with van der Waals surface area (Å²) in [5, 5.41) is 24.4. The molecule has 0 aromatic rings. The van der Waals surface area contributed by atoms with Crippen LogP contribution in [0.1, 0.15) is 101 Å². The molecular formula is C24H58O4SiTi. The molecule has 0 saturated heterocycles. The van der Waals surface area contributed by atoms with Gasteiger partial charge in [0, 0.05) is 41.5 Å². The van der Waals surface area contributed by atoms with Gasteiger partial charge in [-0.25, -0.2) is 0 Å². The molecule has 0 fully saturated rings. The first-order chi connectivity index (χ1) is 13.5. The summed E-state index contributed by atoms with van der Waals surface area (Å²) in [6.45, 7) is 19.4. The van der Waals surface area contributed by atoms with Gasteiger partial charge in [0.05, 0.1) is 0 Å². The Morgan fingerprint density at radius 1 is 0.533 bits per heavy atom. The van der Waals surface area contributed by atoms with Crippen molar-refractivity contribution in [3.63, 3.8) is 0 Å². The van der Waals surface area contributed by atoms with Crippen molar-refractivity contribution < 1.29 is 41.8 Å². The minimum atomic E-state index is -1.81. The normalized spacial score (nSPS) is 10.4. The smallest absolute Gasteiger partial charge is 0.188 e. The van der Waals surface area contributed by atoms with Gasteiger partial charge in [-0.1, -0.05) is 101 Å². The third-order valence-corrected chi connectivity index (χ3v) is 7.94. The standard InChI is InChI=1S/C12H28OSi.3C4H10O.Ti/c1-4-7-10-14(13,11-8-5-2)12-9-6-3;3*1-4(2)3-5;/h13H,4-12H2,1-3H3;3*4-5H,3H2,1-2H3;. The second kappa shape index (κ2) is 32.0. The molecule has 186 valence electrons. The first-order valence-electron chi connectivity index (χ1n) is 12.0. The molecule has 0 aromatic carbocycles. The Bertz CT molecular complexity index is 237. The van der Waals surface area contributed by atoms with Crippen molar-refractivity contribution in [2.45, 2.75) is 119 Å². The molecule has 0 rings (SSSR count).